The number of nitrogens with one attached hydrogen (secondary N) is 1. The third-order valence-corrected chi connectivity index (χ3v) is 4.81. The summed E-state index contributed by atoms with van der Waals surface area (Å²) in [4.78, 5) is 14.3. The van der Waals surface area contributed by atoms with Crippen molar-refractivity contribution in [1.29, 1.82) is 0 Å². The number of amides is 1. The highest BCUT2D eigenvalue weighted by atomic mass is 79.9. The Hall–Kier alpha value is -1.47. The van der Waals surface area contributed by atoms with E-state index < -0.39 is 0 Å². The van der Waals surface area contributed by atoms with Crippen LogP contribution in [0.2, 0.25) is 0 Å². The van der Waals surface area contributed by atoms with E-state index in [-0.39, 0.29) is 11.9 Å². The van der Waals surface area contributed by atoms with Crippen LogP contribution < -0.4 is 10.2 Å². The average Bonchev–Trinajstić information content (AvgIpc) is 3.05. The summed E-state index contributed by atoms with van der Waals surface area (Å²) in [5, 5.41) is 3.14. The van der Waals surface area contributed by atoms with Gasteiger partial charge < -0.3 is 10.2 Å². The van der Waals surface area contributed by atoms with Gasteiger partial charge in [0.25, 0.3) is 0 Å². The Bertz CT molecular complexity index is 609. The molecule has 1 N–H and O–H groups in total. The van der Waals surface area contributed by atoms with Gasteiger partial charge in [0.1, 0.15) is 0 Å². The first-order valence-electron chi connectivity index (χ1n) is 7.27. The molecule has 2 aromatic rings. The van der Waals surface area contributed by atoms with Gasteiger partial charge in [-0.1, -0.05) is 28.1 Å². The number of hydrogen-bond acceptors (Lipinski definition) is 5. The predicted molar refractivity (Wildman–Crippen MR) is 91.1 cm³/mol. The van der Waals surface area contributed by atoms with Gasteiger partial charge in [0.15, 0.2) is 5.82 Å². The number of anilines is 1. The number of nitrogens with zero attached hydrogens (tertiary/aromatic N) is 3. The highest BCUT2D eigenvalue weighted by Gasteiger charge is 2.21. The van der Waals surface area contributed by atoms with E-state index in [1.807, 2.05) is 24.3 Å². The Morgan fingerprint density at radius 2 is 2.05 bits per heavy atom. The van der Waals surface area contributed by atoms with Crippen LogP contribution in [0, 0.1) is 0 Å². The lowest BCUT2D eigenvalue weighted by molar-refractivity contribution is -0.121. The van der Waals surface area contributed by atoms with Crippen LogP contribution >= 0.6 is 27.7 Å². The minimum Gasteiger partial charge on any atom is -0.354 e. The Labute approximate surface area is 142 Å². The van der Waals surface area contributed by atoms with Crippen LogP contribution in [-0.4, -0.2) is 33.8 Å². The summed E-state index contributed by atoms with van der Waals surface area (Å²) in [7, 11) is 0. The largest absolute Gasteiger partial charge is 0.354 e. The first-order chi connectivity index (χ1) is 10.7. The third-order valence-electron chi connectivity index (χ3n) is 3.81. The molecule has 0 unspecified atom stereocenters. The van der Waals surface area contributed by atoms with Crippen molar-refractivity contribution in [3.8, 4) is 0 Å². The molecule has 0 bridgehead atoms. The Kier molecular flexibility index (Phi) is 5.04. The molecule has 1 aromatic heterocycles. The van der Waals surface area contributed by atoms with Crippen molar-refractivity contribution < 1.29 is 4.79 Å². The number of benzene rings is 1. The van der Waals surface area contributed by atoms with Gasteiger partial charge in [-0.15, -0.1) is 0 Å². The molecule has 0 spiro atoms. The van der Waals surface area contributed by atoms with Crippen molar-refractivity contribution in [2.75, 3.05) is 18.0 Å². The lowest BCUT2D eigenvalue weighted by Crippen LogP contribution is -2.45. The van der Waals surface area contributed by atoms with Crippen LogP contribution in [0.4, 0.5) is 5.82 Å². The van der Waals surface area contributed by atoms with E-state index >= 15 is 0 Å². The van der Waals surface area contributed by atoms with E-state index in [1.54, 1.807) is 6.20 Å². The number of halogens is 1. The quantitative estimate of drug-likeness (QED) is 0.885. The summed E-state index contributed by atoms with van der Waals surface area (Å²) >= 11 is 4.63. The zero-order valence-electron chi connectivity index (χ0n) is 12.0. The van der Waals surface area contributed by atoms with Crippen molar-refractivity contribution in [2.24, 2.45) is 0 Å². The fourth-order valence-electron chi connectivity index (χ4n) is 2.62. The van der Waals surface area contributed by atoms with Crippen molar-refractivity contribution in [3.63, 3.8) is 0 Å². The van der Waals surface area contributed by atoms with Gasteiger partial charge >= 0.3 is 0 Å². The number of hydrogen-bond donors (Lipinski definition) is 1. The second-order valence-electron chi connectivity index (χ2n) is 5.40. The molecule has 1 aliphatic heterocycles. The maximum atomic E-state index is 12.1. The van der Waals surface area contributed by atoms with E-state index in [0.29, 0.717) is 6.42 Å². The summed E-state index contributed by atoms with van der Waals surface area (Å²) in [5.74, 6) is 1.04. The zero-order chi connectivity index (χ0) is 15.4. The maximum Gasteiger partial charge on any atom is 0.224 e. The minimum absolute atomic E-state index is 0.0936. The van der Waals surface area contributed by atoms with Gasteiger partial charge in [0.2, 0.25) is 5.91 Å². The Morgan fingerprint density at radius 3 is 2.68 bits per heavy atom. The molecule has 3 rings (SSSR count). The maximum absolute atomic E-state index is 12.1. The highest BCUT2D eigenvalue weighted by Crippen LogP contribution is 2.18. The molecule has 1 amide bonds. The van der Waals surface area contributed by atoms with Gasteiger partial charge in [-0.3, -0.25) is 4.79 Å². The molecule has 0 aliphatic carbocycles. The van der Waals surface area contributed by atoms with Crippen LogP contribution in [-0.2, 0) is 11.2 Å². The summed E-state index contributed by atoms with van der Waals surface area (Å²) in [5.41, 5.74) is 1.03. The molecule has 0 radical (unpaired) electrons. The molecule has 1 aromatic carbocycles. The molecule has 7 heteroatoms. The molecular formula is C15H17BrN4OS. The summed E-state index contributed by atoms with van der Waals surface area (Å²) in [6.45, 7) is 1.82. The van der Waals surface area contributed by atoms with Crippen molar-refractivity contribution in [1.82, 2.24) is 14.1 Å². The van der Waals surface area contributed by atoms with Gasteiger partial charge in [0, 0.05) is 23.6 Å². The topological polar surface area (TPSA) is 58.1 Å². The number of aromatic nitrogens is 2. The van der Waals surface area contributed by atoms with E-state index in [9.17, 15) is 4.79 Å². The van der Waals surface area contributed by atoms with Crippen LogP contribution in [0.15, 0.2) is 34.9 Å². The van der Waals surface area contributed by atoms with E-state index in [2.05, 4.69) is 34.9 Å². The van der Waals surface area contributed by atoms with Gasteiger partial charge in [-0.25, -0.2) is 0 Å². The molecule has 1 fully saturated rings. The Morgan fingerprint density at radius 1 is 1.32 bits per heavy atom. The predicted octanol–water partition coefficient (Wildman–Crippen LogP) is 2.63. The first kappa shape index (κ1) is 15.4. The third kappa shape index (κ3) is 4.04. The van der Waals surface area contributed by atoms with Crippen molar-refractivity contribution in [2.45, 2.75) is 25.3 Å². The SMILES string of the molecule is O=C(Cc1ccc(Br)cc1)NC1CCN(c2cnsn2)CC1. The normalized spacial score (nSPS) is 15.8. The van der Waals surface area contributed by atoms with Crippen molar-refractivity contribution >= 4 is 39.4 Å². The van der Waals surface area contributed by atoms with Crippen LogP contribution in [0.5, 0.6) is 0 Å². The molecule has 22 heavy (non-hydrogen) atoms. The molecular weight excluding hydrogens is 364 g/mol. The van der Waals surface area contributed by atoms with E-state index in [4.69, 9.17) is 0 Å². The average molecular weight is 381 g/mol. The number of carbonyl (C=O) groups is 1. The van der Waals surface area contributed by atoms with Crippen molar-refractivity contribution in [3.05, 3.63) is 40.5 Å². The molecule has 1 saturated heterocycles. The van der Waals surface area contributed by atoms with Gasteiger partial charge in [-0.05, 0) is 30.5 Å². The van der Waals surface area contributed by atoms with Crippen LogP contribution in [0.25, 0.3) is 0 Å². The zero-order valence-corrected chi connectivity index (χ0v) is 14.4. The van der Waals surface area contributed by atoms with E-state index in [0.717, 1.165) is 41.8 Å². The fraction of sp³-hybridized carbons (Fsp3) is 0.400. The second-order valence-corrected chi connectivity index (χ2v) is 6.87. The lowest BCUT2D eigenvalue weighted by atomic mass is 10.0. The summed E-state index contributed by atoms with van der Waals surface area (Å²) in [6, 6.07) is 8.13. The highest BCUT2D eigenvalue weighted by molar-refractivity contribution is 9.10. The molecule has 5 nitrogen and oxygen atoms in total. The number of carbonyl (C=O) groups excluding carboxylic acids is 1. The minimum atomic E-state index is 0.0936. The fourth-order valence-corrected chi connectivity index (χ4v) is 3.32. The number of rotatable bonds is 4. The van der Waals surface area contributed by atoms with Gasteiger partial charge in [-0.2, -0.15) is 8.75 Å². The first-order valence-corrected chi connectivity index (χ1v) is 8.79. The molecule has 1 aliphatic rings. The van der Waals surface area contributed by atoms with E-state index in [1.165, 1.54) is 11.7 Å². The number of piperidine rings is 1. The molecule has 0 saturated carbocycles. The monoisotopic (exact) mass is 380 g/mol. The van der Waals surface area contributed by atoms with Crippen LogP contribution in [0.3, 0.4) is 0 Å². The summed E-state index contributed by atoms with van der Waals surface area (Å²) in [6.07, 6.45) is 4.13. The van der Waals surface area contributed by atoms with Gasteiger partial charge in [0.05, 0.1) is 24.3 Å². The van der Waals surface area contributed by atoms with Crippen LogP contribution in [0.1, 0.15) is 18.4 Å². The molecule has 116 valence electrons. The smallest absolute Gasteiger partial charge is 0.224 e. The summed E-state index contributed by atoms with van der Waals surface area (Å²) < 4.78 is 9.32. The lowest BCUT2D eigenvalue weighted by Gasteiger charge is -2.32. The molecule has 2 heterocycles. The molecule has 0 atom stereocenters. The second kappa shape index (κ2) is 7.19. The standard InChI is InChI=1S/C15H17BrN4OS/c16-12-3-1-11(2-4-12)9-15(21)18-13-5-7-20(8-6-13)14-10-17-22-19-14/h1-4,10,13H,5-9H2,(H,18,21). The Balaban J connectivity index is 1.46.